The van der Waals surface area contributed by atoms with E-state index in [1.807, 2.05) is 6.08 Å². The molecule has 56 valence electrons. The number of hydrogen-bond acceptors (Lipinski definition) is 0. The number of hydrogen-bond donors (Lipinski definition) is 0. The van der Waals surface area contributed by atoms with Gasteiger partial charge in [0.05, 0.1) is 0 Å². The van der Waals surface area contributed by atoms with Gasteiger partial charge in [-0.25, -0.2) is 0 Å². The summed E-state index contributed by atoms with van der Waals surface area (Å²) in [6.45, 7) is 3.63. The first-order valence-corrected chi connectivity index (χ1v) is 5.20. The summed E-state index contributed by atoms with van der Waals surface area (Å²) in [7, 11) is 0. The van der Waals surface area contributed by atoms with Crippen LogP contribution in [0.2, 0.25) is 0 Å². The molecular formula is C8H10BrI. The smallest absolute Gasteiger partial charge is 0.0215 e. The van der Waals surface area contributed by atoms with E-state index in [9.17, 15) is 0 Å². The Morgan fingerprint density at radius 2 is 2.30 bits per heavy atom. The topological polar surface area (TPSA) is 0 Å². The van der Waals surface area contributed by atoms with Crippen LogP contribution in [0.1, 0.15) is 6.42 Å². The van der Waals surface area contributed by atoms with Crippen LogP contribution in [0, 0.1) is 0 Å². The van der Waals surface area contributed by atoms with Crippen molar-refractivity contribution in [2.75, 3.05) is 5.33 Å². The Kier molecular flexibility index (Phi) is 7.86. The van der Waals surface area contributed by atoms with Crippen LogP contribution in [0.15, 0.2) is 34.5 Å². The first-order valence-electron chi connectivity index (χ1n) is 3.00. The molecule has 0 aromatic heterocycles. The van der Waals surface area contributed by atoms with E-state index in [1.165, 1.54) is 3.58 Å². The van der Waals surface area contributed by atoms with Crippen molar-refractivity contribution < 1.29 is 0 Å². The second kappa shape index (κ2) is 7.54. The monoisotopic (exact) mass is 312 g/mol. The predicted octanol–water partition coefficient (Wildman–Crippen LogP) is 3.83. The van der Waals surface area contributed by atoms with Crippen LogP contribution in [-0.4, -0.2) is 5.33 Å². The fraction of sp³-hybridized carbons (Fsp3) is 0.250. The minimum atomic E-state index is 0.918. The Labute approximate surface area is 84.4 Å². The van der Waals surface area contributed by atoms with Gasteiger partial charge in [0.15, 0.2) is 0 Å². The van der Waals surface area contributed by atoms with Crippen molar-refractivity contribution in [1.82, 2.24) is 0 Å². The molecule has 0 unspecified atom stereocenters. The molecule has 0 atom stereocenters. The second-order valence-corrected chi connectivity index (χ2v) is 3.56. The van der Waals surface area contributed by atoms with Crippen molar-refractivity contribution in [2.24, 2.45) is 0 Å². The Balaban J connectivity index is 3.69. The highest BCUT2D eigenvalue weighted by atomic mass is 127. The van der Waals surface area contributed by atoms with Crippen LogP contribution in [0.25, 0.3) is 0 Å². The van der Waals surface area contributed by atoms with Gasteiger partial charge in [-0.1, -0.05) is 40.2 Å². The molecule has 0 saturated heterocycles. The third-order valence-electron chi connectivity index (χ3n) is 0.846. The van der Waals surface area contributed by atoms with Gasteiger partial charge in [0.1, 0.15) is 0 Å². The van der Waals surface area contributed by atoms with Crippen LogP contribution in [0.3, 0.4) is 0 Å². The second-order valence-electron chi connectivity index (χ2n) is 1.67. The first-order chi connectivity index (χ1) is 4.81. The van der Waals surface area contributed by atoms with E-state index in [-0.39, 0.29) is 0 Å². The Bertz CT molecular complexity index is 147. The lowest BCUT2D eigenvalue weighted by atomic mass is 10.3. The van der Waals surface area contributed by atoms with Crippen LogP contribution < -0.4 is 0 Å². The fourth-order valence-corrected chi connectivity index (χ4v) is 1.12. The maximum Gasteiger partial charge on any atom is 0.0215 e. The quantitative estimate of drug-likeness (QED) is 0.320. The van der Waals surface area contributed by atoms with Crippen LogP contribution >= 0.6 is 38.5 Å². The van der Waals surface area contributed by atoms with Gasteiger partial charge in [-0.2, -0.15) is 0 Å². The molecule has 0 saturated carbocycles. The number of alkyl halides is 1. The molecule has 10 heavy (non-hydrogen) atoms. The average molecular weight is 313 g/mol. The van der Waals surface area contributed by atoms with Gasteiger partial charge in [0.25, 0.3) is 0 Å². The Morgan fingerprint density at radius 3 is 2.80 bits per heavy atom. The van der Waals surface area contributed by atoms with Crippen LogP contribution in [0.5, 0.6) is 0 Å². The van der Waals surface area contributed by atoms with E-state index in [1.54, 1.807) is 0 Å². The van der Waals surface area contributed by atoms with E-state index >= 15 is 0 Å². The number of rotatable bonds is 4. The standard InChI is InChI=1S/C8H10BrI/c1-2-3-5-8(10)6-4-7-9/h2,4-6H,1,3,7H2/b6-4-,8-5+. The van der Waals surface area contributed by atoms with Crippen molar-refractivity contribution in [1.29, 1.82) is 0 Å². The lowest BCUT2D eigenvalue weighted by molar-refractivity contribution is 1.40. The van der Waals surface area contributed by atoms with E-state index < -0.39 is 0 Å². The van der Waals surface area contributed by atoms with E-state index in [2.05, 4.69) is 63.3 Å². The summed E-state index contributed by atoms with van der Waals surface area (Å²) in [5.74, 6) is 0. The summed E-state index contributed by atoms with van der Waals surface area (Å²) in [5.41, 5.74) is 0. The number of halogens is 2. The van der Waals surface area contributed by atoms with E-state index in [4.69, 9.17) is 0 Å². The highest BCUT2D eigenvalue weighted by molar-refractivity contribution is 14.1. The molecule has 0 aromatic rings. The summed E-state index contributed by atoms with van der Waals surface area (Å²) in [4.78, 5) is 0. The molecule has 0 nitrogen and oxygen atoms in total. The molecule has 0 rings (SSSR count). The summed E-state index contributed by atoms with van der Waals surface area (Å²) in [6, 6.07) is 0. The molecule has 0 amide bonds. The van der Waals surface area contributed by atoms with Gasteiger partial charge >= 0.3 is 0 Å². The fourth-order valence-electron chi connectivity index (χ4n) is 0.421. The maximum atomic E-state index is 3.63. The molecule has 0 bridgehead atoms. The molecule has 0 aliphatic heterocycles. The van der Waals surface area contributed by atoms with Crippen molar-refractivity contribution in [3.63, 3.8) is 0 Å². The molecule has 0 heterocycles. The largest absolute Gasteiger partial charge is 0.103 e. The van der Waals surface area contributed by atoms with Crippen molar-refractivity contribution in [2.45, 2.75) is 6.42 Å². The first kappa shape index (κ1) is 10.4. The van der Waals surface area contributed by atoms with Gasteiger partial charge in [-0.05, 0) is 29.0 Å². The van der Waals surface area contributed by atoms with E-state index in [0.29, 0.717) is 0 Å². The summed E-state index contributed by atoms with van der Waals surface area (Å²) >= 11 is 5.60. The van der Waals surface area contributed by atoms with Gasteiger partial charge < -0.3 is 0 Å². The third kappa shape index (κ3) is 6.55. The molecule has 2 heteroatoms. The minimum Gasteiger partial charge on any atom is -0.103 e. The molecule has 0 aromatic carbocycles. The van der Waals surface area contributed by atoms with Gasteiger partial charge in [-0.15, -0.1) is 6.58 Å². The summed E-state index contributed by atoms with van der Waals surface area (Å²) < 4.78 is 1.26. The van der Waals surface area contributed by atoms with E-state index in [0.717, 1.165) is 11.8 Å². The highest BCUT2D eigenvalue weighted by Crippen LogP contribution is 2.08. The zero-order valence-electron chi connectivity index (χ0n) is 5.69. The molecule has 0 radical (unpaired) electrons. The zero-order valence-corrected chi connectivity index (χ0v) is 9.43. The minimum absolute atomic E-state index is 0.918. The van der Waals surface area contributed by atoms with Gasteiger partial charge in [0.2, 0.25) is 0 Å². The SMILES string of the molecule is C=CC/C=C(I)\C=C/CBr. The molecule has 0 fully saturated rings. The average Bonchev–Trinajstić information content (AvgIpc) is 1.97. The highest BCUT2D eigenvalue weighted by Gasteiger charge is 1.79. The lowest BCUT2D eigenvalue weighted by Crippen LogP contribution is -1.64. The third-order valence-corrected chi connectivity index (χ3v) is 2.02. The Morgan fingerprint density at radius 1 is 1.60 bits per heavy atom. The van der Waals surface area contributed by atoms with Gasteiger partial charge in [0, 0.05) is 8.91 Å². The normalized spacial score (nSPS) is 12.4. The van der Waals surface area contributed by atoms with Crippen molar-refractivity contribution in [3.8, 4) is 0 Å². The van der Waals surface area contributed by atoms with Crippen molar-refractivity contribution >= 4 is 38.5 Å². The van der Waals surface area contributed by atoms with Crippen molar-refractivity contribution in [3.05, 3.63) is 34.5 Å². The zero-order chi connectivity index (χ0) is 7.82. The predicted molar refractivity (Wildman–Crippen MR) is 59.9 cm³/mol. The molecule has 0 aliphatic carbocycles. The summed E-state index contributed by atoms with van der Waals surface area (Å²) in [5, 5.41) is 0.918. The van der Waals surface area contributed by atoms with Crippen LogP contribution in [0.4, 0.5) is 0 Å². The molecule has 0 N–H and O–H groups in total. The van der Waals surface area contributed by atoms with Gasteiger partial charge in [-0.3, -0.25) is 0 Å². The van der Waals surface area contributed by atoms with Crippen LogP contribution in [-0.2, 0) is 0 Å². The molecule has 0 aliphatic rings. The molecule has 0 spiro atoms. The lowest BCUT2D eigenvalue weighted by Gasteiger charge is -1.85. The summed E-state index contributed by atoms with van der Waals surface area (Å²) in [6.07, 6.45) is 9.12. The maximum absolute atomic E-state index is 3.63. The number of allylic oxidation sites excluding steroid dienone is 5. The Hall–Kier alpha value is 0.430. The molecular weight excluding hydrogens is 303 g/mol.